The van der Waals surface area contributed by atoms with Gasteiger partial charge in [0.05, 0.1) is 10.0 Å². The zero-order valence-electron chi connectivity index (χ0n) is 12.1. The van der Waals surface area contributed by atoms with E-state index in [1.807, 2.05) is 30.3 Å². The van der Waals surface area contributed by atoms with Crippen LogP contribution in [0.2, 0.25) is 10.0 Å². The second-order valence-corrected chi connectivity index (χ2v) is 5.44. The molecule has 0 heterocycles. The van der Waals surface area contributed by atoms with Crippen molar-refractivity contribution >= 4 is 35.4 Å². The lowest BCUT2D eigenvalue weighted by Gasteiger charge is -2.05. The molecule has 120 valence electrons. The van der Waals surface area contributed by atoms with E-state index in [1.54, 1.807) is 12.2 Å². The highest BCUT2D eigenvalue weighted by molar-refractivity contribution is 6.37. The van der Waals surface area contributed by atoms with E-state index in [0.29, 0.717) is 5.56 Å². The van der Waals surface area contributed by atoms with E-state index in [-0.39, 0.29) is 23.2 Å². The molecule has 1 amide bonds. The van der Waals surface area contributed by atoms with Crippen molar-refractivity contribution in [3.05, 3.63) is 75.5 Å². The van der Waals surface area contributed by atoms with Crippen LogP contribution >= 0.6 is 23.2 Å². The number of halogens is 3. The lowest BCUT2D eigenvalue weighted by molar-refractivity contribution is 0.141. The summed E-state index contributed by atoms with van der Waals surface area (Å²) in [5.41, 5.74) is 1.40. The van der Waals surface area contributed by atoms with E-state index in [4.69, 9.17) is 27.9 Å². The number of nitrogens with one attached hydrogen (secondary N) is 1. The Labute approximate surface area is 143 Å². The summed E-state index contributed by atoms with van der Waals surface area (Å²) in [7, 11) is 0. The van der Waals surface area contributed by atoms with Crippen LogP contribution in [0.1, 0.15) is 11.1 Å². The number of carbonyl (C=O) groups excluding carboxylic acids is 1. The molecule has 0 aliphatic carbocycles. The van der Waals surface area contributed by atoms with Gasteiger partial charge in [0.1, 0.15) is 12.4 Å². The lowest BCUT2D eigenvalue weighted by atomic mass is 10.2. The third-order valence-corrected chi connectivity index (χ3v) is 3.53. The maximum Gasteiger partial charge on any atom is 0.407 e. The highest BCUT2D eigenvalue weighted by Gasteiger charge is 2.05. The maximum absolute atomic E-state index is 13.1. The highest BCUT2D eigenvalue weighted by Crippen LogP contribution is 2.27. The van der Waals surface area contributed by atoms with Crippen molar-refractivity contribution in [1.29, 1.82) is 0 Å². The van der Waals surface area contributed by atoms with E-state index in [0.717, 1.165) is 5.56 Å². The van der Waals surface area contributed by atoms with Crippen LogP contribution in [0, 0.1) is 5.82 Å². The molecule has 23 heavy (non-hydrogen) atoms. The van der Waals surface area contributed by atoms with Crippen LogP contribution < -0.4 is 5.32 Å². The summed E-state index contributed by atoms with van der Waals surface area (Å²) in [6, 6.07) is 11.7. The summed E-state index contributed by atoms with van der Waals surface area (Å²) < 4.78 is 18.1. The second-order valence-electron chi connectivity index (χ2n) is 4.63. The average molecular weight is 354 g/mol. The summed E-state index contributed by atoms with van der Waals surface area (Å²) in [5.74, 6) is -0.500. The average Bonchev–Trinajstić information content (AvgIpc) is 2.52. The minimum Gasteiger partial charge on any atom is -0.445 e. The van der Waals surface area contributed by atoms with Crippen molar-refractivity contribution in [2.24, 2.45) is 0 Å². The smallest absolute Gasteiger partial charge is 0.407 e. The molecule has 2 aromatic carbocycles. The Kier molecular flexibility index (Phi) is 6.44. The molecule has 0 saturated carbocycles. The molecule has 0 atom stereocenters. The third kappa shape index (κ3) is 5.58. The van der Waals surface area contributed by atoms with E-state index >= 15 is 0 Å². The summed E-state index contributed by atoms with van der Waals surface area (Å²) >= 11 is 11.8. The predicted molar refractivity (Wildman–Crippen MR) is 90.1 cm³/mol. The standard InChI is InChI=1S/C17H14Cl2FNO2/c18-15-9-13(20)10-16(19)14(15)7-4-8-21-17(22)23-11-12-5-2-1-3-6-12/h1-7,9-10H,8,11H2,(H,21,22). The molecule has 6 heteroatoms. The van der Waals surface area contributed by atoms with Crippen LogP contribution in [-0.4, -0.2) is 12.6 Å². The van der Waals surface area contributed by atoms with Crippen molar-refractivity contribution in [3.63, 3.8) is 0 Å². The van der Waals surface area contributed by atoms with E-state index in [2.05, 4.69) is 5.32 Å². The quantitative estimate of drug-likeness (QED) is 0.814. The topological polar surface area (TPSA) is 38.3 Å². The molecule has 0 aromatic heterocycles. The van der Waals surface area contributed by atoms with Crippen LogP contribution in [0.15, 0.2) is 48.5 Å². The molecule has 2 rings (SSSR count). The van der Waals surface area contributed by atoms with Crippen LogP contribution in [0.4, 0.5) is 9.18 Å². The molecule has 0 aliphatic heterocycles. The van der Waals surface area contributed by atoms with Crippen molar-refractivity contribution < 1.29 is 13.9 Å². The number of carbonyl (C=O) groups is 1. The predicted octanol–water partition coefficient (Wildman–Crippen LogP) is 5.07. The van der Waals surface area contributed by atoms with E-state index in [1.165, 1.54) is 12.1 Å². The number of amides is 1. The molecule has 1 N–H and O–H groups in total. The van der Waals surface area contributed by atoms with Crippen molar-refractivity contribution in [2.75, 3.05) is 6.54 Å². The molecule has 0 radical (unpaired) electrons. The number of hydrogen-bond acceptors (Lipinski definition) is 2. The largest absolute Gasteiger partial charge is 0.445 e. The molecule has 0 unspecified atom stereocenters. The van der Waals surface area contributed by atoms with Gasteiger partial charge in [0, 0.05) is 12.1 Å². The summed E-state index contributed by atoms with van der Waals surface area (Å²) in [5, 5.41) is 2.98. The Balaban J connectivity index is 1.79. The zero-order valence-corrected chi connectivity index (χ0v) is 13.6. The maximum atomic E-state index is 13.1. The van der Waals surface area contributed by atoms with Crippen molar-refractivity contribution in [3.8, 4) is 0 Å². The fraction of sp³-hybridized carbons (Fsp3) is 0.118. The van der Waals surface area contributed by atoms with E-state index in [9.17, 15) is 9.18 Å². The molecule has 0 aliphatic rings. The molecule has 0 fully saturated rings. The van der Waals surface area contributed by atoms with Crippen molar-refractivity contribution in [2.45, 2.75) is 6.61 Å². The molecule has 2 aromatic rings. The van der Waals surface area contributed by atoms with Gasteiger partial charge in [-0.05, 0) is 17.7 Å². The SMILES string of the molecule is O=C(NCC=Cc1c(Cl)cc(F)cc1Cl)OCc1ccccc1. The third-order valence-electron chi connectivity index (χ3n) is 2.91. The monoisotopic (exact) mass is 353 g/mol. The number of hydrogen-bond donors (Lipinski definition) is 1. The summed E-state index contributed by atoms with van der Waals surface area (Å²) in [4.78, 5) is 11.5. The van der Waals surface area contributed by atoms with Gasteiger partial charge in [0.2, 0.25) is 0 Å². The van der Waals surface area contributed by atoms with Gasteiger partial charge < -0.3 is 10.1 Å². The first kappa shape index (κ1) is 17.3. The first-order valence-corrected chi connectivity index (χ1v) is 7.57. The van der Waals surface area contributed by atoms with Crippen molar-refractivity contribution in [1.82, 2.24) is 5.32 Å². The fourth-order valence-electron chi connectivity index (χ4n) is 1.81. The molecule has 3 nitrogen and oxygen atoms in total. The fourth-order valence-corrected chi connectivity index (χ4v) is 2.39. The Morgan fingerprint density at radius 2 is 1.83 bits per heavy atom. The van der Waals surface area contributed by atoms with Gasteiger partial charge in [0.15, 0.2) is 0 Å². The Morgan fingerprint density at radius 3 is 2.48 bits per heavy atom. The molecule has 0 saturated heterocycles. The van der Waals surface area contributed by atoms with Crippen LogP contribution in [0.3, 0.4) is 0 Å². The van der Waals surface area contributed by atoms with E-state index < -0.39 is 11.9 Å². The second kappa shape index (κ2) is 8.56. The number of benzene rings is 2. The minimum absolute atomic E-state index is 0.200. The number of rotatable bonds is 5. The van der Waals surface area contributed by atoms with Gasteiger partial charge in [0.25, 0.3) is 0 Å². The van der Waals surface area contributed by atoms with Gasteiger partial charge >= 0.3 is 6.09 Å². The Morgan fingerprint density at radius 1 is 1.17 bits per heavy atom. The van der Waals surface area contributed by atoms with Crippen LogP contribution in [0.5, 0.6) is 0 Å². The van der Waals surface area contributed by atoms with Gasteiger partial charge in [-0.15, -0.1) is 0 Å². The Bertz CT molecular complexity index is 682. The van der Waals surface area contributed by atoms with Gasteiger partial charge in [-0.1, -0.05) is 65.7 Å². The highest BCUT2D eigenvalue weighted by atomic mass is 35.5. The summed E-state index contributed by atoms with van der Waals surface area (Å²) in [6.45, 7) is 0.434. The zero-order chi connectivity index (χ0) is 16.7. The normalized spacial score (nSPS) is 10.7. The lowest BCUT2D eigenvalue weighted by Crippen LogP contribution is -2.24. The first-order valence-electron chi connectivity index (χ1n) is 6.82. The Hall–Kier alpha value is -2.04. The molecule has 0 spiro atoms. The minimum atomic E-state index is -0.533. The molecule has 0 bridgehead atoms. The van der Waals surface area contributed by atoms with Gasteiger partial charge in [-0.25, -0.2) is 9.18 Å². The van der Waals surface area contributed by atoms with Gasteiger partial charge in [-0.3, -0.25) is 0 Å². The number of ether oxygens (including phenoxy) is 1. The molecular formula is C17H14Cl2FNO2. The summed E-state index contributed by atoms with van der Waals surface area (Å²) in [6.07, 6.45) is 2.73. The first-order chi connectivity index (χ1) is 11.1. The molecular weight excluding hydrogens is 340 g/mol. The van der Waals surface area contributed by atoms with Crippen LogP contribution in [0.25, 0.3) is 6.08 Å². The van der Waals surface area contributed by atoms with Crippen LogP contribution in [-0.2, 0) is 11.3 Å². The van der Waals surface area contributed by atoms with Gasteiger partial charge in [-0.2, -0.15) is 0 Å². The number of alkyl carbamates (subject to hydrolysis) is 1.